The Balaban J connectivity index is 2.80. The second kappa shape index (κ2) is 8.73. The molecule has 0 aromatic heterocycles. The van der Waals surface area contributed by atoms with Crippen LogP contribution in [0.3, 0.4) is 0 Å². The van der Waals surface area contributed by atoms with Gasteiger partial charge < -0.3 is 16.2 Å². The number of rotatable bonds is 7. The molecule has 1 aromatic carbocycles. The van der Waals surface area contributed by atoms with E-state index in [2.05, 4.69) is 5.32 Å². The van der Waals surface area contributed by atoms with Crippen molar-refractivity contribution in [1.29, 1.82) is 0 Å². The van der Waals surface area contributed by atoms with Gasteiger partial charge in [-0.25, -0.2) is 4.39 Å². The number of hydrogen-bond donors (Lipinski definition) is 3. The van der Waals surface area contributed by atoms with Crippen LogP contribution in [-0.4, -0.2) is 34.5 Å². The van der Waals surface area contributed by atoms with E-state index in [4.69, 9.17) is 28.9 Å². The number of carbonyl (C=O) groups is 2. The lowest BCUT2D eigenvalue weighted by Gasteiger charge is -2.22. The fraction of sp³-hybridized carbons (Fsp3) is 0.286. The Hall–Kier alpha value is -1.63. The number of aliphatic hydroxyl groups is 1. The fourth-order valence-electron chi connectivity index (χ4n) is 1.66. The van der Waals surface area contributed by atoms with E-state index in [1.807, 2.05) is 0 Å². The van der Waals surface area contributed by atoms with Gasteiger partial charge in [0, 0.05) is 6.08 Å². The zero-order valence-electron chi connectivity index (χ0n) is 11.4. The second-order valence-corrected chi connectivity index (χ2v) is 5.51. The molecule has 0 saturated carbocycles. The van der Waals surface area contributed by atoms with E-state index in [-0.39, 0.29) is 0 Å². The fourth-order valence-corrected chi connectivity index (χ4v) is 1.79. The van der Waals surface area contributed by atoms with Gasteiger partial charge in [-0.3, -0.25) is 9.59 Å². The normalized spacial score (nSPS) is 14.0. The SMILES string of the molecule is NC(=O)C=Cc1ccc(C(O)C(CF)NC(=O)C(Cl)Cl)cc1. The van der Waals surface area contributed by atoms with Gasteiger partial charge in [0.1, 0.15) is 12.8 Å². The number of carbonyl (C=O) groups excluding carboxylic acids is 2. The van der Waals surface area contributed by atoms with Crippen molar-refractivity contribution in [3.8, 4) is 0 Å². The summed E-state index contributed by atoms with van der Waals surface area (Å²) in [7, 11) is 0. The highest BCUT2D eigenvalue weighted by atomic mass is 35.5. The number of nitrogens with two attached hydrogens (primary N) is 1. The molecule has 0 aliphatic heterocycles. The summed E-state index contributed by atoms with van der Waals surface area (Å²) in [5.41, 5.74) is 6.04. The minimum atomic E-state index is -1.34. The van der Waals surface area contributed by atoms with Gasteiger partial charge >= 0.3 is 0 Å². The van der Waals surface area contributed by atoms with Crippen molar-refractivity contribution in [1.82, 2.24) is 5.32 Å². The highest BCUT2D eigenvalue weighted by molar-refractivity contribution is 6.53. The Morgan fingerprint density at radius 3 is 2.36 bits per heavy atom. The van der Waals surface area contributed by atoms with E-state index < -0.39 is 35.5 Å². The third-order valence-electron chi connectivity index (χ3n) is 2.79. The molecule has 0 fully saturated rings. The average molecular weight is 349 g/mol. The first-order valence-corrected chi connectivity index (χ1v) is 7.12. The lowest BCUT2D eigenvalue weighted by atomic mass is 10.0. The van der Waals surface area contributed by atoms with Crippen LogP contribution in [0.1, 0.15) is 17.2 Å². The third kappa shape index (κ3) is 5.63. The van der Waals surface area contributed by atoms with E-state index in [0.29, 0.717) is 11.1 Å². The topological polar surface area (TPSA) is 92.4 Å². The number of primary amides is 1. The van der Waals surface area contributed by atoms with Gasteiger partial charge in [-0.1, -0.05) is 47.5 Å². The summed E-state index contributed by atoms with van der Waals surface area (Å²) in [5, 5.41) is 12.3. The zero-order valence-corrected chi connectivity index (χ0v) is 12.9. The molecule has 0 spiro atoms. The molecule has 0 heterocycles. The maximum atomic E-state index is 13.0. The summed E-state index contributed by atoms with van der Waals surface area (Å²) in [6.07, 6.45) is 1.42. The number of aliphatic hydroxyl groups excluding tert-OH is 1. The standard InChI is InChI=1S/C14H15Cl2FN2O3/c15-13(16)14(22)19-10(7-17)12(21)9-4-1-8(2-5-9)3-6-11(18)20/h1-6,10,12-13,21H,7H2,(H2,18,20)(H,19,22). The van der Waals surface area contributed by atoms with Crippen molar-refractivity contribution in [2.45, 2.75) is 17.0 Å². The molecule has 1 aromatic rings. The molecule has 0 radical (unpaired) electrons. The van der Waals surface area contributed by atoms with E-state index in [9.17, 15) is 19.1 Å². The van der Waals surface area contributed by atoms with Crippen LogP contribution in [0.5, 0.6) is 0 Å². The first-order chi connectivity index (χ1) is 10.3. The van der Waals surface area contributed by atoms with E-state index >= 15 is 0 Å². The van der Waals surface area contributed by atoms with Gasteiger partial charge in [0.2, 0.25) is 5.91 Å². The Labute approximate surface area is 136 Å². The number of nitrogens with one attached hydrogen (secondary N) is 1. The molecule has 0 aliphatic carbocycles. The van der Waals surface area contributed by atoms with Crippen LogP contribution in [0.4, 0.5) is 4.39 Å². The summed E-state index contributed by atoms with van der Waals surface area (Å²) in [6.45, 7) is -0.989. The van der Waals surface area contributed by atoms with Crippen LogP contribution in [0.2, 0.25) is 0 Å². The molecule has 1 rings (SSSR count). The van der Waals surface area contributed by atoms with Crippen molar-refractivity contribution in [2.75, 3.05) is 6.67 Å². The number of benzene rings is 1. The van der Waals surface area contributed by atoms with Gasteiger partial charge in [-0.2, -0.15) is 0 Å². The van der Waals surface area contributed by atoms with Crippen LogP contribution < -0.4 is 11.1 Å². The Morgan fingerprint density at radius 1 is 1.32 bits per heavy atom. The second-order valence-electron chi connectivity index (χ2n) is 4.42. The van der Waals surface area contributed by atoms with Crippen LogP contribution >= 0.6 is 23.2 Å². The maximum Gasteiger partial charge on any atom is 0.253 e. The molecule has 4 N–H and O–H groups in total. The minimum Gasteiger partial charge on any atom is -0.386 e. The highest BCUT2D eigenvalue weighted by Gasteiger charge is 2.24. The van der Waals surface area contributed by atoms with Gasteiger partial charge in [0.25, 0.3) is 5.91 Å². The lowest BCUT2D eigenvalue weighted by molar-refractivity contribution is -0.121. The molecule has 120 valence electrons. The zero-order chi connectivity index (χ0) is 16.7. The van der Waals surface area contributed by atoms with Crippen LogP contribution in [0.25, 0.3) is 6.08 Å². The largest absolute Gasteiger partial charge is 0.386 e. The summed E-state index contributed by atoms with van der Waals surface area (Å²) in [4.78, 5) is 20.6. The van der Waals surface area contributed by atoms with Gasteiger partial charge in [0.15, 0.2) is 4.84 Å². The molecule has 2 unspecified atom stereocenters. The number of alkyl halides is 3. The molecule has 0 bridgehead atoms. The summed E-state index contributed by atoms with van der Waals surface area (Å²) < 4.78 is 13.0. The van der Waals surface area contributed by atoms with Crippen molar-refractivity contribution in [3.05, 3.63) is 41.5 Å². The van der Waals surface area contributed by atoms with Crippen LogP contribution in [-0.2, 0) is 9.59 Å². The van der Waals surface area contributed by atoms with E-state index in [0.717, 1.165) is 0 Å². The predicted molar refractivity (Wildman–Crippen MR) is 83.0 cm³/mol. The quantitative estimate of drug-likeness (QED) is 0.514. The van der Waals surface area contributed by atoms with Crippen molar-refractivity contribution in [2.24, 2.45) is 5.73 Å². The van der Waals surface area contributed by atoms with E-state index in [1.165, 1.54) is 12.2 Å². The molecule has 0 saturated heterocycles. The summed E-state index contributed by atoms with van der Waals surface area (Å²) in [5.74, 6) is -1.37. The Kier molecular flexibility index (Phi) is 7.31. The first kappa shape index (κ1) is 18.4. The molecule has 5 nitrogen and oxygen atoms in total. The van der Waals surface area contributed by atoms with E-state index in [1.54, 1.807) is 24.3 Å². The van der Waals surface area contributed by atoms with Crippen LogP contribution in [0, 0.1) is 0 Å². The molecule has 22 heavy (non-hydrogen) atoms. The average Bonchev–Trinajstić information content (AvgIpc) is 2.50. The molecule has 2 atom stereocenters. The Morgan fingerprint density at radius 2 is 1.91 bits per heavy atom. The predicted octanol–water partition coefficient (Wildman–Crippen LogP) is 1.48. The van der Waals surface area contributed by atoms with Crippen LogP contribution in [0.15, 0.2) is 30.3 Å². The molecule has 0 aliphatic rings. The summed E-state index contributed by atoms with van der Waals surface area (Å²) in [6, 6.07) is 5.14. The number of hydrogen-bond acceptors (Lipinski definition) is 3. The Bertz CT molecular complexity index is 550. The third-order valence-corrected chi connectivity index (χ3v) is 3.19. The first-order valence-electron chi connectivity index (χ1n) is 6.25. The molecule has 2 amide bonds. The van der Waals surface area contributed by atoms with Gasteiger partial charge in [0.05, 0.1) is 6.04 Å². The molecule has 8 heteroatoms. The minimum absolute atomic E-state index is 0.389. The molecular weight excluding hydrogens is 334 g/mol. The number of amides is 2. The smallest absolute Gasteiger partial charge is 0.253 e. The van der Waals surface area contributed by atoms with Crippen molar-refractivity contribution < 1.29 is 19.1 Å². The monoisotopic (exact) mass is 348 g/mol. The number of halogens is 3. The van der Waals surface area contributed by atoms with Gasteiger partial charge in [-0.15, -0.1) is 0 Å². The maximum absolute atomic E-state index is 13.0. The summed E-state index contributed by atoms with van der Waals surface area (Å²) >= 11 is 10.7. The van der Waals surface area contributed by atoms with Gasteiger partial charge in [-0.05, 0) is 17.2 Å². The highest BCUT2D eigenvalue weighted by Crippen LogP contribution is 2.19. The lowest BCUT2D eigenvalue weighted by Crippen LogP contribution is -2.43. The van der Waals surface area contributed by atoms with Crippen molar-refractivity contribution >= 4 is 41.1 Å². The molecular formula is C14H15Cl2FN2O3. The van der Waals surface area contributed by atoms with Crippen molar-refractivity contribution in [3.63, 3.8) is 0 Å².